The first-order chi connectivity index (χ1) is 11.6. The van der Waals surface area contributed by atoms with Crippen molar-refractivity contribution in [1.29, 1.82) is 0 Å². The average Bonchev–Trinajstić information content (AvgIpc) is 2.62. The van der Waals surface area contributed by atoms with Crippen LogP contribution in [-0.2, 0) is 10.2 Å². The molecular formula is C22H25NO. The van der Waals surface area contributed by atoms with Crippen LogP contribution in [-0.4, -0.2) is 24.4 Å². The fourth-order valence-electron chi connectivity index (χ4n) is 4.93. The number of nitrogens with zero attached hydrogens (tertiary/aromatic N) is 1. The Labute approximate surface area is 144 Å². The molecule has 0 heterocycles. The lowest BCUT2D eigenvalue weighted by atomic mass is 9.54. The van der Waals surface area contributed by atoms with Crippen molar-refractivity contribution in [2.75, 3.05) is 13.6 Å². The minimum Gasteiger partial charge on any atom is -0.346 e. The van der Waals surface area contributed by atoms with Crippen LogP contribution in [0.25, 0.3) is 0 Å². The van der Waals surface area contributed by atoms with E-state index in [4.69, 9.17) is 0 Å². The van der Waals surface area contributed by atoms with Crippen molar-refractivity contribution >= 4 is 5.91 Å². The van der Waals surface area contributed by atoms with E-state index in [9.17, 15) is 4.79 Å². The molecule has 2 nitrogen and oxygen atoms in total. The summed E-state index contributed by atoms with van der Waals surface area (Å²) >= 11 is 0. The van der Waals surface area contributed by atoms with Gasteiger partial charge in [-0.15, -0.1) is 0 Å². The maximum Gasteiger partial charge on any atom is 0.219 e. The molecule has 0 aliphatic heterocycles. The smallest absolute Gasteiger partial charge is 0.219 e. The zero-order valence-electron chi connectivity index (χ0n) is 14.6. The second-order valence-corrected chi connectivity index (χ2v) is 7.39. The fourth-order valence-corrected chi connectivity index (χ4v) is 4.93. The Morgan fingerprint density at radius 2 is 1.67 bits per heavy atom. The van der Waals surface area contributed by atoms with Crippen LogP contribution in [0.1, 0.15) is 60.8 Å². The van der Waals surface area contributed by atoms with Crippen LogP contribution < -0.4 is 0 Å². The Bertz CT molecular complexity index is 732. The molecule has 0 aromatic heterocycles. The molecule has 5 rings (SSSR count). The van der Waals surface area contributed by atoms with Gasteiger partial charge in [-0.25, -0.2) is 0 Å². The topological polar surface area (TPSA) is 20.3 Å². The molecule has 2 bridgehead atoms. The molecule has 0 saturated carbocycles. The summed E-state index contributed by atoms with van der Waals surface area (Å²) in [5.74, 6) is 0.722. The van der Waals surface area contributed by atoms with Crippen LogP contribution in [0.3, 0.4) is 0 Å². The Kier molecular flexibility index (Phi) is 3.71. The van der Waals surface area contributed by atoms with Crippen molar-refractivity contribution in [3.05, 3.63) is 70.8 Å². The summed E-state index contributed by atoms with van der Waals surface area (Å²) in [7, 11) is 1.90. The molecule has 124 valence electrons. The van der Waals surface area contributed by atoms with Crippen molar-refractivity contribution in [1.82, 2.24) is 4.90 Å². The van der Waals surface area contributed by atoms with Crippen LogP contribution >= 0.6 is 0 Å². The Balaban J connectivity index is 1.72. The van der Waals surface area contributed by atoms with Crippen LogP contribution in [0.5, 0.6) is 0 Å². The molecule has 2 aromatic rings. The van der Waals surface area contributed by atoms with Gasteiger partial charge in [0.05, 0.1) is 0 Å². The number of carbonyl (C=O) groups excluding carboxylic acids is 1. The normalized spacial score (nSPS) is 23.5. The first-order valence-electron chi connectivity index (χ1n) is 9.04. The van der Waals surface area contributed by atoms with E-state index in [-0.39, 0.29) is 11.3 Å². The van der Waals surface area contributed by atoms with Gasteiger partial charge >= 0.3 is 0 Å². The van der Waals surface area contributed by atoms with Gasteiger partial charge in [-0.1, -0.05) is 48.5 Å². The van der Waals surface area contributed by atoms with Gasteiger partial charge in [0.25, 0.3) is 0 Å². The highest BCUT2D eigenvalue weighted by Crippen LogP contribution is 2.57. The largest absolute Gasteiger partial charge is 0.346 e. The summed E-state index contributed by atoms with van der Waals surface area (Å²) in [5.41, 5.74) is 6.26. The molecule has 0 spiro atoms. The maximum atomic E-state index is 11.5. The molecular weight excluding hydrogens is 294 g/mol. The zero-order chi connectivity index (χ0) is 16.7. The van der Waals surface area contributed by atoms with Crippen LogP contribution in [0, 0.1) is 0 Å². The summed E-state index contributed by atoms with van der Waals surface area (Å²) in [6.45, 7) is 2.49. The van der Waals surface area contributed by atoms with E-state index in [1.54, 1.807) is 6.92 Å². The summed E-state index contributed by atoms with van der Waals surface area (Å²) in [5, 5.41) is 0. The lowest BCUT2D eigenvalue weighted by Gasteiger charge is -2.50. The Hall–Kier alpha value is -2.09. The third-order valence-electron chi connectivity index (χ3n) is 6.20. The molecule has 2 heteroatoms. The van der Waals surface area contributed by atoms with Gasteiger partial charge in [-0.3, -0.25) is 4.79 Å². The molecule has 0 atom stereocenters. The number of fused-ring (bicyclic) bond motifs is 1. The maximum absolute atomic E-state index is 11.5. The van der Waals surface area contributed by atoms with Gasteiger partial charge in [0, 0.05) is 31.8 Å². The first kappa shape index (κ1) is 15.4. The lowest BCUT2D eigenvalue weighted by molar-refractivity contribution is -0.127. The highest BCUT2D eigenvalue weighted by atomic mass is 16.2. The van der Waals surface area contributed by atoms with Gasteiger partial charge in [-0.2, -0.15) is 0 Å². The van der Waals surface area contributed by atoms with E-state index in [2.05, 4.69) is 48.5 Å². The molecule has 0 fully saturated rings. The summed E-state index contributed by atoms with van der Waals surface area (Å²) in [6.07, 6.45) is 4.64. The number of hydrogen-bond donors (Lipinski definition) is 0. The van der Waals surface area contributed by atoms with Gasteiger partial charge in [0.2, 0.25) is 5.91 Å². The van der Waals surface area contributed by atoms with Crippen LogP contribution in [0.15, 0.2) is 48.5 Å². The molecule has 3 aliphatic carbocycles. The van der Waals surface area contributed by atoms with Gasteiger partial charge in [-0.05, 0) is 47.9 Å². The number of amides is 1. The minimum atomic E-state index is 0.138. The van der Waals surface area contributed by atoms with Crippen molar-refractivity contribution < 1.29 is 4.79 Å². The molecule has 0 unspecified atom stereocenters. The van der Waals surface area contributed by atoms with Crippen molar-refractivity contribution in [2.45, 2.75) is 43.9 Å². The van der Waals surface area contributed by atoms with Crippen molar-refractivity contribution in [3.63, 3.8) is 0 Å². The number of rotatable bonds is 4. The second-order valence-electron chi connectivity index (χ2n) is 7.39. The highest BCUT2D eigenvalue weighted by molar-refractivity contribution is 5.72. The van der Waals surface area contributed by atoms with E-state index in [1.165, 1.54) is 35.1 Å². The number of carbonyl (C=O) groups is 1. The van der Waals surface area contributed by atoms with E-state index >= 15 is 0 Å². The zero-order valence-corrected chi connectivity index (χ0v) is 14.6. The molecule has 0 N–H and O–H groups in total. The molecule has 0 saturated heterocycles. The summed E-state index contributed by atoms with van der Waals surface area (Å²) in [6, 6.07) is 18.1. The van der Waals surface area contributed by atoms with Gasteiger partial charge in [0.15, 0.2) is 0 Å². The predicted molar refractivity (Wildman–Crippen MR) is 97.3 cm³/mol. The Morgan fingerprint density at radius 1 is 1.08 bits per heavy atom. The summed E-state index contributed by atoms with van der Waals surface area (Å²) in [4.78, 5) is 13.3. The van der Waals surface area contributed by atoms with E-state index in [0.29, 0.717) is 5.92 Å². The highest BCUT2D eigenvalue weighted by Gasteiger charge is 2.47. The molecule has 0 radical (unpaired) electrons. The minimum absolute atomic E-state index is 0.138. The first-order valence-corrected chi connectivity index (χ1v) is 9.04. The second kappa shape index (κ2) is 5.77. The third-order valence-corrected chi connectivity index (χ3v) is 6.20. The average molecular weight is 319 g/mol. The fraction of sp³-hybridized carbons (Fsp3) is 0.409. The molecule has 2 aromatic carbocycles. The SMILES string of the molecule is CC(=O)N(C)CCCC12CCC(c3ccccc31)c1ccccc12. The quantitative estimate of drug-likeness (QED) is 0.814. The van der Waals surface area contributed by atoms with E-state index in [1.807, 2.05) is 11.9 Å². The van der Waals surface area contributed by atoms with Gasteiger partial charge in [0.1, 0.15) is 0 Å². The lowest BCUT2D eigenvalue weighted by Crippen LogP contribution is -2.40. The molecule has 1 amide bonds. The van der Waals surface area contributed by atoms with E-state index < -0.39 is 0 Å². The van der Waals surface area contributed by atoms with Crippen molar-refractivity contribution in [2.24, 2.45) is 0 Å². The van der Waals surface area contributed by atoms with Gasteiger partial charge < -0.3 is 4.90 Å². The van der Waals surface area contributed by atoms with Crippen molar-refractivity contribution in [3.8, 4) is 0 Å². The number of hydrogen-bond acceptors (Lipinski definition) is 1. The predicted octanol–water partition coefficient (Wildman–Crippen LogP) is 4.47. The van der Waals surface area contributed by atoms with Crippen LogP contribution in [0.2, 0.25) is 0 Å². The molecule has 24 heavy (non-hydrogen) atoms. The van der Waals surface area contributed by atoms with Crippen LogP contribution in [0.4, 0.5) is 0 Å². The number of benzene rings is 2. The summed E-state index contributed by atoms with van der Waals surface area (Å²) < 4.78 is 0. The Morgan fingerprint density at radius 3 is 2.25 bits per heavy atom. The monoisotopic (exact) mass is 319 g/mol. The molecule has 3 aliphatic rings. The third kappa shape index (κ3) is 2.20. The standard InChI is InChI=1S/C22H25NO/c1-16(24)23(2)15-7-13-22-14-12-17(18-8-3-5-10-20(18)22)19-9-4-6-11-21(19)22/h3-6,8-11,17H,7,12-15H2,1-2H3. The van der Waals surface area contributed by atoms with E-state index in [0.717, 1.165) is 19.4 Å².